The van der Waals surface area contributed by atoms with Crippen molar-refractivity contribution in [2.45, 2.75) is 30.8 Å². The van der Waals surface area contributed by atoms with E-state index in [0.29, 0.717) is 5.82 Å². The Kier molecular flexibility index (Phi) is 2.87. The number of ether oxygens (including phenoxy) is 1. The minimum atomic E-state index is -1.24. The average Bonchev–Trinajstić information content (AvgIpc) is 3.18. The van der Waals surface area contributed by atoms with Crippen molar-refractivity contribution in [3.05, 3.63) is 24.4 Å². The molecule has 5 N–H and O–H groups in total. The number of imidazole rings is 1. The smallest absolute Gasteiger partial charge is 0.276 e. The molecule has 1 saturated heterocycles. The fourth-order valence-corrected chi connectivity index (χ4v) is 2.94. The summed E-state index contributed by atoms with van der Waals surface area (Å²) in [5.41, 5.74) is 0.197. The van der Waals surface area contributed by atoms with Crippen LogP contribution in [0.3, 0.4) is 0 Å². The lowest BCUT2D eigenvalue weighted by Crippen LogP contribution is -2.54. The number of aliphatic hydroxyl groups excluding tert-OH is 3. The maximum Gasteiger partial charge on any atom is 0.276 e. The molecular formula is C12H15N5O5. The normalized spacial score (nSPS) is 36.0. The van der Waals surface area contributed by atoms with Crippen LogP contribution < -0.4 is 15.5 Å². The van der Waals surface area contributed by atoms with Crippen LogP contribution in [0.1, 0.15) is 16.7 Å². The quantitative estimate of drug-likeness (QED) is 0.402. The number of hydrogen-bond acceptors (Lipinski definition) is 8. The van der Waals surface area contributed by atoms with Gasteiger partial charge in [-0.2, -0.15) is 0 Å². The van der Waals surface area contributed by atoms with Gasteiger partial charge in [0.15, 0.2) is 24.0 Å². The van der Waals surface area contributed by atoms with Gasteiger partial charge in [0.05, 0.1) is 12.9 Å². The lowest BCUT2D eigenvalue weighted by atomic mass is 10.1. The van der Waals surface area contributed by atoms with Crippen LogP contribution in [0.15, 0.2) is 18.7 Å². The number of fused-ring (bicyclic) bond motifs is 3. The molecule has 0 aromatic carbocycles. The molecule has 3 aliphatic heterocycles. The van der Waals surface area contributed by atoms with Gasteiger partial charge < -0.3 is 30.7 Å². The Labute approximate surface area is 124 Å². The molecule has 10 heteroatoms. The second-order valence-electron chi connectivity index (χ2n) is 5.32. The van der Waals surface area contributed by atoms with Gasteiger partial charge in [0, 0.05) is 12.4 Å². The molecule has 3 aliphatic rings. The van der Waals surface area contributed by atoms with Crippen LogP contribution >= 0.6 is 0 Å². The molecule has 0 radical (unpaired) electrons. The first kappa shape index (κ1) is 13.5. The molecule has 0 spiro atoms. The van der Waals surface area contributed by atoms with E-state index in [2.05, 4.69) is 15.6 Å². The molecule has 0 saturated carbocycles. The SMILES string of the molecule is O=C1NC2NC=CN2c2c1ncn2[C@@H]1O[C@H](CO)[C@@H](O)[C@H]1O. The summed E-state index contributed by atoms with van der Waals surface area (Å²) in [6.45, 7) is -0.417. The fourth-order valence-electron chi connectivity index (χ4n) is 2.94. The van der Waals surface area contributed by atoms with Crippen molar-refractivity contribution in [3.8, 4) is 0 Å². The fraction of sp³-hybridized carbons (Fsp3) is 0.500. The zero-order chi connectivity index (χ0) is 15.4. The van der Waals surface area contributed by atoms with Crippen LogP contribution in [0.4, 0.5) is 5.82 Å². The van der Waals surface area contributed by atoms with Crippen molar-refractivity contribution in [1.29, 1.82) is 0 Å². The monoisotopic (exact) mass is 309 g/mol. The number of nitrogens with zero attached hydrogens (tertiary/aromatic N) is 3. The van der Waals surface area contributed by atoms with E-state index in [1.54, 1.807) is 17.3 Å². The first-order valence-corrected chi connectivity index (χ1v) is 6.83. The lowest BCUT2D eigenvalue weighted by Gasteiger charge is -2.32. The second kappa shape index (κ2) is 4.68. The minimum Gasteiger partial charge on any atom is -0.394 e. The van der Waals surface area contributed by atoms with Crippen molar-refractivity contribution in [3.63, 3.8) is 0 Å². The van der Waals surface area contributed by atoms with Crippen LogP contribution in [0.25, 0.3) is 0 Å². The van der Waals surface area contributed by atoms with E-state index < -0.39 is 37.4 Å². The van der Waals surface area contributed by atoms with E-state index >= 15 is 0 Å². The zero-order valence-electron chi connectivity index (χ0n) is 11.3. The molecule has 1 fully saturated rings. The maximum atomic E-state index is 12.0. The summed E-state index contributed by atoms with van der Waals surface area (Å²) >= 11 is 0. The predicted octanol–water partition coefficient (Wildman–Crippen LogP) is -2.60. The van der Waals surface area contributed by atoms with Crippen LogP contribution in [-0.4, -0.2) is 62.0 Å². The summed E-state index contributed by atoms with van der Waals surface area (Å²) in [7, 11) is 0. The van der Waals surface area contributed by atoms with Crippen molar-refractivity contribution >= 4 is 11.7 Å². The van der Waals surface area contributed by atoms with E-state index in [-0.39, 0.29) is 11.6 Å². The average molecular weight is 309 g/mol. The molecule has 1 amide bonds. The summed E-state index contributed by atoms with van der Waals surface area (Å²) in [5.74, 6) is 0.0998. The first-order chi connectivity index (χ1) is 10.6. The highest BCUT2D eigenvalue weighted by molar-refractivity contribution is 5.99. The van der Waals surface area contributed by atoms with E-state index in [1.165, 1.54) is 10.9 Å². The number of rotatable bonds is 2. The number of anilines is 1. The summed E-state index contributed by atoms with van der Waals surface area (Å²) < 4.78 is 6.99. The molecule has 10 nitrogen and oxygen atoms in total. The molecule has 22 heavy (non-hydrogen) atoms. The second-order valence-corrected chi connectivity index (χ2v) is 5.32. The van der Waals surface area contributed by atoms with Crippen molar-refractivity contribution in [2.24, 2.45) is 0 Å². The minimum absolute atomic E-state index is 0.197. The summed E-state index contributed by atoms with van der Waals surface area (Å²) in [4.78, 5) is 17.8. The molecular weight excluding hydrogens is 294 g/mol. The molecule has 1 aromatic rings. The van der Waals surface area contributed by atoms with Gasteiger partial charge in [0.1, 0.15) is 18.3 Å². The highest BCUT2D eigenvalue weighted by atomic mass is 16.6. The topological polar surface area (TPSA) is 132 Å². The third kappa shape index (κ3) is 1.69. The number of carbonyl (C=O) groups excluding carboxylic acids is 1. The van der Waals surface area contributed by atoms with Crippen LogP contribution in [-0.2, 0) is 4.74 Å². The van der Waals surface area contributed by atoms with E-state index in [1.807, 2.05) is 0 Å². The van der Waals surface area contributed by atoms with Gasteiger partial charge in [0.25, 0.3) is 5.91 Å². The molecule has 1 unspecified atom stereocenters. The van der Waals surface area contributed by atoms with Crippen LogP contribution in [0.5, 0.6) is 0 Å². The van der Waals surface area contributed by atoms with Crippen molar-refractivity contribution in [2.75, 3.05) is 11.5 Å². The Balaban J connectivity index is 1.76. The van der Waals surface area contributed by atoms with Gasteiger partial charge in [-0.25, -0.2) is 4.98 Å². The van der Waals surface area contributed by atoms with E-state index in [0.717, 1.165) is 0 Å². The third-order valence-electron chi connectivity index (χ3n) is 4.05. The van der Waals surface area contributed by atoms with E-state index in [4.69, 9.17) is 4.74 Å². The zero-order valence-corrected chi connectivity index (χ0v) is 11.3. The lowest BCUT2D eigenvalue weighted by molar-refractivity contribution is -0.0522. The highest BCUT2D eigenvalue weighted by Gasteiger charge is 2.46. The number of nitrogens with one attached hydrogen (secondary N) is 2. The Bertz CT molecular complexity index is 646. The predicted molar refractivity (Wildman–Crippen MR) is 71.2 cm³/mol. The Hall–Kier alpha value is -2.14. The first-order valence-electron chi connectivity index (χ1n) is 6.83. The van der Waals surface area contributed by atoms with Gasteiger partial charge in [-0.3, -0.25) is 14.3 Å². The summed E-state index contributed by atoms with van der Waals surface area (Å²) in [6, 6.07) is 0. The summed E-state index contributed by atoms with van der Waals surface area (Å²) in [6.07, 6.45) is 0.0536. The van der Waals surface area contributed by atoms with Crippen LogP contribution in [0, 0.1) is 0 Å². The Morgan fingerprint density at radius 2 is 2.18 bits per heavy atom. The number of carbonyl (C=O) groups is 1. The molecule has 4 heterocycles. The van der Waals surface area contributed by atoms with Gasteiger partial charge in [-0.1, -0.05) is 0 Å². The molecule has 4 rings (SSSR count). The highest BCUT2D eigenvalue weighted by Crippen LogP contribution is 2.36. The number of aliphatic hydroxyl groups is 3. The third-order valence-corrected chi connectivity index (χ3v) is 4.05. The largest absolute Gasteiger partial charge is 0.394 e. The van der Waals surface area contributed by atoms with Gasteiger partial charge in [-0.15, -0.1) is 0 Å². The van der Waals surface area contributed by atoms with E-state index in [9.17, 15) is 20.1 Å². The van der Waals surface area contributed by atoms with Crippen molar-refractivity contribution < 1.29 is 24.9 Å². The summed E-state index contributed by atoms with van der Waals surface area (Å²) in [5, 5.41) is 34.9. The van der Waals surface area contributed by atoms with Gasteiger partial charge in [-0.05, 0) is 0 Å². The standard InChI is InChI=1S/C12H15N5O5/c18-3-5-7(19)8(20)11(22-5)17-4-14-6-9(21)15-12-13-1-2-16(12)10(6)17/h1-2,4-5,7-8,11-13,18-20H,3H2,(H,15,21)/t5-,7-,8-,11-,12?/m1/s1. The maximum absolute atomic E-state index is 12.0. The Morgan fingerprint density at radius 3 is 2.91 bits per heavy atom. The molecule has 1 aromatic heterocycles. The Morgan fingerprint density at radius 1 is 1.36 bits per heavy atom. The molecule has 118 valence electrons. The molecule has 0 bridgehead atoms. The number of aromatic nitrogens is 2. The van der Waals surface area contributed by atoms with Gasteiger partial charge >= 0.3 is 0 Å². The van der Waals surface area contributed by atoms with Crippen molar-refractivity contribution in [1.82, 2.24) is 20.2 Å². The number of hydrogen-bond donors (Lipinski definition) is 5. The van der Waals surface area contributed by atoms with Gasteiger partial charge in [0.2, 0.25) is 0 Å². The molecule has 5 atom stereocenters. The number of amides is 1. The van der Waals surface area contributed by atoms with Crippen LogP contribution in [0.2, 0.25) is 0 Å². The molecule has 0 aliphatic carbocycles.